The first-order valence-corrected chi connectivity index (χ1v) is 12.4. The molecule has 188 valence electrons. The largest absolute Gasteiger partial charge is 0.493 e. The van der Waals surface area contributed by atoms with Gasteiger partial charge in [-0.05, 0) is 68.0 Å². The lowest BCUT2D eigenvalue weighted by Crippen LogP contribution is -2.50. The van der Waals surface area contributed by atoms with Gasteiger partial charge in [0.15, 0.2) is 11.5 Å². The Hall–Kier alpha value is -3.22. The third kappa shape index (κ3) is 5.55. The molecule has 2 aromatic carbocycles. The minimum absolute atomic E-state index is 0.0556. The number of benzene rings is 2. The molecule has 7 heteroatoms. The first kappa shape index (κ1) is 24.9. The normalized spacial score (nSPS) is 20.1. The number of amides is 2. The number of anilines is 1. The number of ether oxygens (including phenoxy) is 2. The molecule has 1 N–H and O–H groups in total. The second-order valence-corrected chi connectivity index (χ2v) is 9.78. The van der Waals surface area contributed by atoms with Gasteiger partial charge < -0.3 is 24.6 Å². The van der Waals surface area contributed by atoms with Crippen LogP contribution < -0.4 is 19.7 Å². The van der Waals surface area contributed by atoms with Crippen molar-refractivity contribution >= 4 is 17.5 Å². The SMILES string of the molecule is COc1ccc(C[C@]2(CCC(=O)N3CCN(c4cccc(C)c4C)CC3)CCC(=O)N2)cc1OC. The van der Waals surface area contributed by atoms with E-state index in [0.29, 0.717) is 37.2 Å². The van der Waals surface area contributed by atoms with Crippen molar-refractivity contribution in [2.45, 2.75) is 51.5 Å². The van der Waals surface area contributed by atoms with Gasteiger partial charge in [-0.25, -0.2) is 0 Å². The molecule has 1 atom stereocenters. The minimum Gasteiger partial charge on any atom is -0.493 e. The minimum atomic E-state index is -0.410. The molecule has 2 aliphatic rings. The van der Waals surface area contributed by atoms with Gasteiger partial charge in [0.05, 0.1) is 14.2 Å². The molecule has 0 radical (unpaired) electrons. The standard InChI is InChI=1S/C28H37N3O4/c1-20-6-5-7-23(21(20)2)30-14-16-31(17-15-30)27(33)11-13-28(12-10-26(32)29-28)19-22-8-9-24(34-3)25(18-22)35-4/h5-9,18H,10-17,19H2,1-4H3,(H,29,32)/t28-/m1/s1. The van der Waals surface area contributed by atoms with Crippen LogP contribution in [0.2, 0.25) is 0 Å². The zero-order chi connectivity index (χ0) is 25.0. The van der Waals surface area contributed by atoms with Crippen LogP contribution in [0.3, 0.4) is 0 Å². The number of carbonyl (C=O) groups is 2. The van der Waals surface area contributed by atoms with Crippen LogP contribution in [0.15, 0.2) is 36.4 Å². The molecule has 2 aliphatic heterocycles. The fourth-order valence-electron chi connectivity index (χ4n) is 5.34. The molecule has 2 saturated heterocycles. The summed E-state index contributed by atoms with van der Waals surface area (Å²) in [5, 5.41) is 3.19. The summed E-state index contributed by atoms with van der Waals surface area (Å²) in [5.74, 6) is 1.57. The van der Waals surface area contributed by atoms with Gasteiger partial charge >= 0.3 is 0 Å². The van der Waals surface area contributed by atoms with Gasteiger partial charge in [-0.2, -0.15) is 0 Å². The topological polar surface area (TPSA) is 71.1 Å². The van der Waals surface area contributed by atoms with Crippen molar-refractivity contribution in [3.63, 3.8) is 0 Å². The van der Waals surface area contributed by atoms with Crippen LogP contribution in [-0.2, 0) is 16.0 Å². The molecule has 0 unspecified atom stereocenters. The average molecular weight is 480 g/mol. The number of nitrogens with zero attached hydrogens (tertiary/aromatic N) is 2. The van der Waals surface area contributed by atoms with E-state index in [2.05, 4.69) is 42.3 Å². The van der Waals surface area contributed by atoms with Crippen molar-refractivity contribution in [3.8, 4) is 11.5 Å². The highest BCUT2D eigenvalue weighted by molar-refractivity contribution is 5.80. The van der Waals surface area contributed by atoms with E-state index in [1.54, 1.807) is 14.2 Å². The van der Waals surface area contributed by atoms with Crippen molar-refractivity contribution in [1.82, 2.24) is 10.2 Å². The number of hydrogen-bond donors (Lipinski definition) is 1. The number of rotatable bonds is 8. The molecular weight excluding hydrogens is 442 g/mol. The Labute approximate surface area is 208 Å². The molecule has 0 aromatic heterocycles. The van der Waals surface area contributed by atoms with E-state index >= 15 is 0 Å². The van der Waals surface area contributed by atoms with Gasteiger partial charge in [0.25, 0.3) is 0 Å². The van der Waals surface area contributed by atoms with E-state index in [1.165, 1.54) is 16.8 Å². The Balaban J connectivity index is 1.37. The Morgan fingerprint density at radius 3 is 2.43 bits per heavy atom. The molecule has 7 nitrogen and oxygen atoms in total. The van der Waals surface area contributed by atoms with Crippen LogP contribution >= 0.6 is 0 Å². The summed E-state index contributed by atoms with van der Waals surface area (Å²) in [4.78, 5) is 29.7. The third-order valence-corrected chi connectivity index (χ3v) is 7.59. The van der Waals surface area contributed by atoms with Crippen molar-refractivity contribution < 1.29 is 19.1 Å². The summed E-state index contributed by atoms with van der Waals surface area (Å²) in [6.45, 7) is 7.42. The van der Waals surface area contributed by atoms with Gasteiger partial charge in [0, 0.05) is 50.2 Å². The molecule has 4 rings (SSSR count). The van der Waals surface area contributed by atoms with Crippen molar-refractivity contribution in [2.24, 2.45) is 0 Å². The summed E-state index contributed by atoms with van der Waals surface area (Å²) >= 11 is 0. The van der Waals surface area contributed by atoms with Gasteiger partial charge in [-0.3, -0.25) is 9.59 Å². The van der Waals surface area contributed by atoms with Crippen LogP contribution in [0.25, 0.3) is 0 Å². The highest BCUT2D eigenvalue weighted by atomic mass is 16.5. The highest BCUT2D eigenvalue weighted by Crippen LogP contribution is 2.34. The van der Waals surface area contributed by atoms with Crippen LogP contribution in [0.4, 0.5) is 5.69 Å². The number of aryl methyl sites for hydroxylation is 1. The first-order chi connectivity index (χ1) is 16.8. The predicted octanol–water partition coefficient (Wildman–Crippen LogP) is 3.64. The summed E-state index contributed by atoms with van der Waals surface area (Å²) in [6.07, 6.45) is 2.94. The van der Waals surface area contributed by atoms with Gasteiger partial charge in [-0.15, -0.1) is 0 Å². The Morgan fingerprint density at radius 1 is 1.03 bits per heavy atom. The van der Waals surface area contributed by atoms with Gasteiger partial charge in [0.1, 0.15) is 0 Å². The Morgan fingerprint density at radius 2 is 1.77 bits per heavy atom. The monoisotopic (exact) mass is 479 g/mol. The van der Waals surface area contributed by atoms with E-state index in [-0.39, 0.29) is 11.8 Å². The molecule has 2 fully saturated rings. The molecule has 0 saturated carbocycles. The van der Waals surface area contributed by atoms with Crippen LogP contribution in [0.5, 0.6) is 11.5 Å². The number of nitrogens with one attached hydrogen (secondary N) is 1. The second-order valence-electron chi connectivity index (χ2n) is 9.78. The number of methoxy groups -OCH3 is 2. The summed E-state index contributed by atoms with van der Waals surface area (Å²) in [5.41, 5.74) is 4.51. The zero-order valence-electron chi connectivity index (χ0n) is 21.4. The van der Waals surface area contributed by atoms with E-state index < -0.39 is 5.54 Å². The lowest BCUT2D eigenvalue weighted by molar-refractivity contribution is -0.132. The average Bonchev–Trinajstić information content (AvgIpc) is 3.24. The maximum atomic E-state index is 13.1. The predicted molar refractivity (Wildman–Crippen MR) is 137 cm³/mol. The summed E-state index contributed by atoms with van der Waals surface area (Å²) in [6, 6.07) is 12.3. The zero-order valence-corrected chi connectivity index (χ0v) is 21.4. The summed E-state index contributed by atoms with van der Waals surface area (Å²) in [7, 11) is 3.23. The summed E-state index contributed by atoms with van der Waals surface area (Å²) < 4.78 is 10.8. The number of piperazine rings is 1. The maximum Gasteiger partial charge on any atom is 0.222 e. The van der Waals surface area contributed by atoms with Crippen LogP contribution in [0.1, 0.15) is 42.4 Å². The first-order valence-electron chi connectivity index (χ1n) is 12.4. The molecule has 35 heavy (non-hydrogen) atoms. The molecule has 0 aliphatic carbocycles. The maximum absolute atomic E-state index is 13.1. The molecule has 0 bridgehead atoms. The van der Waals surface area contributed by atoms with Crippen LogP contribution in [-0.4, -0.2) is 62.7 Å². The molecule has 2 heterocycles. The van der Waals surface area contributed by atoms with E-state index in [0.717, 1.165) is 38.2 Å². The molecule has 2 aromatic rings. The Kier molecular flexibility index (Phi) is 7.53. The van der Waals surface area contributed by atoms with Crippen molar-refractivity contribution in [1.29, 1.82) is 0 Å². The van der Waals surface area contributed by atoms with Crippen molar-refractivity contribution in [3.05, 3.63) is 53.1 Å². The van der Waals surface area contributed by atoms with E-state index in [4.69, 9.17) is 9.47 Å². The fraction of sp³-hybridized carbons (Fsp3) is 0.500. The molecule has 0 spiro atoms. The highest BCUT2D eigenvalue weighted by Gasteiger charge is 2.38. The fourth-order valence-corrected chi connectivity index (χ4v) is 5.34. The Bertz CT molecular complexity index is 1080. The van der Waals surface area contributed by atoms with Crippen LogP contribution in [0, 0.1) is 13.8 Å². The van der Waals surface area contributed by atoms with E-state index in [9.17, 15) is 9.59 Å². The smallest absolute Gasteiger partial charge is 0.222 e. The van der Waals surface area contributed by atoms with E-state index in [1.807, 2.05) is 23.1 Å². The van der Waals surface area contributed by atoms with Gasteiger partial charge in [-0.1, -0.05) is 18.2 Å². The molecule has 2 amide bonds. The number of carbonyl (C=O) groups excluding carboxylic acids is 2. The lowest BCUT2D eigenvalue weighted by atomic mass is 9.84. The second kappa shape index (κ2) is 10.6. The number of hydrogen-bond acceptors (Lipinski definition) is 5. The quantitative estimate of drug-likeness (QED) is 0.626. The lowest BCUT2D eigenvalue weighted by Gasteiger charge is -2.38. The third-order valence-electron chi connectivity index (χ3n) is 7.59. The van der Waals surface area contributed by atoms with Gasteiger partial charge in [0.2, 0.25) is 11.8 Å². The van der Waals surface area contributed by atoms with Crippen molar-refractivity contribution in [2.75, 3.05) is 45.3 Å². The molecular formula is C28H37N3O4.